The Balaban J connectivity index is 1.80. The van der Waals surface area contributed by atoms with Gasteiger partial charge in [0.15, 0.2) is 0 Å². The first-order valence-electron chi connectivity index (χ1n) is 10.6. The average Bonchev–Trinajstić information content (AvgIpc) is 2.75. The second-order valence-electron chi connectivity index (χ2n) is 7.64. The second kappa shape index (κ2) is 11.1. The molecule has 3 rings (SSSR count). The number of esters is 1. The van der Waals surface area contributed by atoms with Crippen LogP contribution in [-0.4, -0.2) is 80.4 Å². The SMILES string of the molecule is CCOC(=O)C1=C(CN(Cc2ccccc2)C(C)CN2CCOCC2)NC(=O)NC1. The normalized spacial score (nSPS) is 18.7. The van der Waals surface area contributed by atoms with Gasteiger partial charge in [-0.2, -0.15) is 0 Å². The van der Waals surface area contributed by atoms with E-state index in [1.165, 1.54) is 5.56 Å². The molecular formula is C22H32N4O4. The first-order chi connectivity index (χ1) is 14.6. The summed E-state index contributed by atoms with van der Waals surface area (Å²) in [6.45, 7) is 9.85. The van der Waals surface area contributed by atoms with Gasteiger partial charge in [0.25, 0.3) is 0 Å². The molecule has 2 aliphatic heterocycles. The summed E-state index contributed by atoms with van der Waals surface area (Å²) in [6.07, 6.45) is 0. The molecule has 0 bridgehead atoms. The molecule has 1 fully saturated rings. The molecule has 164 valence electrons. The number of hydrogen-bond acceptors (Lipinski definition) is 6. The third-order valence-electron chi connectivity index (χ3n) is 5.42. The highest BCUT2D eigenvalue weighted by molar-refractivity contribution is 5.93. The molecule has 0 saturated carbocycles. The maximum absolute atomic E-state index is 12.4. The molecule has 0 radical (unpaired) electrons. The van der Waals surface area contributed by atoms with Gasteiger partial charge >= 0.3 is 12.0 Å². The largest absolute Gasteiger partial charge is 0.463 e. The molecule has 2 heterocycles. The Kier molecular flexibility index (Phi) is 8.24. The zero-order valence-electron chi connectivity index (χ0n) is 17.9. The van der Waals surface area contributed by atoms with Crippen LogP contribution in [0.4, 0.5) is 4.79 Å². The summed E-state index contributed by atoms with van der Waals surface area (Å²) in [5.41, 5.74) is 2.28. The molecule has 2 amide bonds. The van der Waals surface area contributed by atoms with Crippen molar-refractivity contribution < 1.29 is 19.1 Å². The van der Waals surface area contributed by atoms with Crippen LogP contribution >= 0.6 is 0 Å². The first kappa shape index (κ1) is 22.3. The minimum absolute atomic E-state index is 0.178. The van der Waals surface area contributed by atoms with Crippen molar-refractivity contribution in [3.8, 4) is 0 Å². The lowest BCUT2D eigenvalue weighted by Crippen LogP contribution is -2.50. The van der Waals surface area contributed by atoms with Crippen LogP contribution in [0.3, 0.4) is 0 Å². The van der Waals surface area contributed by atoms with E-state index in [9.17, 15) is 9.59 Å². The number of nitrogens with zero attached hydrogens (tertiary/aromatic N) is 2. The predicted molar refractivity (Wildman–Crippen MR) is 114 cm³/mol. The fraction of sp³-hybridized carbons (Fsp3) is 0.545. The zero-order chi connectivity index (χ0) is 21.3. The van der Waals surface area contributed by atoms with E-state index in [4.69, 9.17) is 9.47 Å². The van der Waals surface area contributed by atoms with Gasteiger partial charge in [0.1, 0.15) is 0 Å². The maximum Gasteiger partial charge on any atom is 0.337 e. The highest BCUT2D eigenvalue weighted by Crippen LogP contribution is 2.16. The fourth-order valence-corrected chi connectivity index (χ4v) is 3.74. The number of carbonyl (C=O) groups excluding carboxylic acids is 2. The van der Waals surface area contributed by atoms with Crippen molar-refractivity contribution in [2.45, 2.75) is 26.4 Å². The van der Waals surface area contributed by atoms with E-state index in [0.717, 1.165) is 39.4 Å². The van der Waals surface area contributed by atoms with Crippen LogP contribution in [0.1, 0.15) is 19.4 Å². The molecule has 1 atom stereocenters. The molecule has 2 N–H and O–H groups in total. The van der Waals surface area contributed by atoms with Crippen molar-refractivity contribution in [1.29, 1.82) is 0 Å². The van der Waals surface area contributed by atoms with Crippen LogP contribution < -0.4 is 10.6 Å². The lowest BCUT2D eigenvalue weighted by Gasteiger charge is -2.36. The molecule has 2 aliphatic rings. The molecule has 0 aromatic heterocycles. The first-order valence-corrected chi connectivity index (χ1v) is 10.6. The maximum atomic E-state index is 12.4. The van der Waals surface area contributed by atoms with Crippen LogP contribution in [-0.2, 0) is 20.8 Å². The standard InChI is InChI=1S/C22H32N4O4/c1-3-30-21(27)19-13-23-22(28)24-20(19)16-26(15-18-7-5-4-6-8-18)17(2)14-25-9-11-29-12-10-25/h4-8,17H,3,9-16H2,1-2H3,(H2,23,24,28). The summed E-state index contributed by atoms with van der Waals surface area (Å²) in [4.78, 5) is 29.1. The molecule has 1 aromatic carbocycles. The molecule has 8 heteroatoms. The Morgan fingerprint density at radius 1 is 1.23 bits per heavy atom. The number of rotatable bonds is 9. The van der Waals surface area contributed by atoms with Crippen LogP contribution in [0.5, 0.6) is 0 Å². The number of amides is 2. The van der Waals surface area contributed by atoms with E-state index in [2.05, 4.69) is 39.5 Å². The third kappa shape index (κ3) is 6.29. The quantitative estimate of drug-likeness (QED) is 0.591. The van der Waals surface area contributed by atoms with Crippen molar-refractivity contribution in [3.05, 3.63) is 47.2 Å². The van der Waals surface area contributed by atoms with Gasteiger partial charge < -0.3 is 20.1 Å². The van der Waals surface area contributed by atoms with E-state index in [1.807, 2.05) is 18.2 Å². The Morgan fingerprint density at radius 2 is 1.97 bits per heavy atom. The van der Waals surface area contributed by atoms with Crippen LogP contribution in [0, 0.1) is 0 Å². The molecule has 1 unspecified atom stereocenters. The zero-order valence-corrected chi connectivity index (χ0v) is 17.9. The van der Waals surface area contributed by atoms with Crippen molar-refractivity contribution in [2.24, 2.45) is 0 Å². The van der Waals surface area contributed by atoms with Crippen molar-refractivity contribution in [2.75, 3.05) is 52.5 Å². The van der Waals surface area contributed by atoms with Gasteiger partial charge in [-0.3, -0.25) is 9.80 Å². The molecule has 8 nitrogen and oxygen atoms in total. The van der Waals surface area contributed by atoms with E-state index in [1.54, 1.807) is 6.92 Å². The van der Waals surface area contributed by atoms with Gasteiger partial charge in [-0.25, -0.2) is 9.59 Å². The lowest BCUT2D eigenvalue weighted by atomic mass is 10.1. The summed E-state index contributed by atoms with van der Waals surface area (Å²) < 4.78 is 10.7. The second-order valence-corrected chi connectivity index (χ2v) is 7.64. The summed E-state index contributed by atoms with van der Waals surface area (Å²) in [5.74, 6) is -0.388. The molecule has 0 aliphatic carbocycles. The van der Waals surface area contributed by atoms with E-state index in [-0.39, 0.29) is 24.6 Å². The Hall–Kier alpha value is -2.42. The monoisotopic (exact) mass is 416 g/mol. The molecule has 0 spiro atoms. The number of ether oxygens (including phenoxy) is 2. The number of urea groups is 1. The average molecular weight is 417 g/mol. The minimum atomic E-state index is -0.388. The fourth-order valence-electron chi connectivity index (χ4n) is 3.74. The minimum Gasteiger partial charge on any atom is -0.463 e. The van der Waals surface area contributed by atoms with Gasteiger partial charge in [0.05, 0.1) is 31.9 Å². The van der Waals surface area contributed by atoms with Gasteiger partial charge in [0, 0.05) is 44.5 Å². The van der Waals surface area contributed by atoms with Crippen molar-refractivity contribution in [1.82, 2.24) is 20.4 Å². The highest BCUT2D eigenvalue weighted by Gasteiger charge is 2.27. The third-order valence-corrected chi connectivity index (χ3v) is 5.42. The Bertz CT molecular complexity index is 747. The van der Waals surface area contributed by atoms with E-state index < -0.39 is 0 Å². The van der Waals surface area contributed by atoms with Crippen molar-refractivity contribution >= 4 is 12.0 Å². The number of nitrogens with one attached hydrogen (secondary N) is 2. The number of hydrogen-bond donors (Lipinski definition) is 2. The van der Waals surface area contributed by atoms with E-state index in [0.29, 0.717) is 24.4 Å². The lowest BCUT2D eigenvalue weighted by molar-refractivity contribution is -0.138. The van der Waals surface area contributed by atoms with E-state index >= 15 is 0 Å². The van der Waals surface area contributed by atoms with Gasteiger partial charge in [0.2, 0.25) is 0 Å². The van der Waals surface area contributed by atoms with Gasteiger partial charge in [-0.1, -0.05) is 30.3 Å². The topological polar surface area (TPSA) is 83.1 Å². The summed E-state index contributed by atoms with van der Waals surface area (Å²) in [5, 5.41) is 5.50. The summed E-state index contributed by atoms with van der Waals surface area (Å²) >= 11 is 0. The molecular weight excluding hydrogens is 384 g/mol. The number of morpholine rings is 1. The smallest absolute Gasteiger partial charge is 0.337 e. The van der Waals surface area contributed by atoms with Crippen LogP contribution in [0.25, 0.3) is 0 Å². The number of benzene rings is 1. The Labute approximate surface area is 178 Å². The Morgan fingerprint density at radius 3 is 2.67 bits per heavy atom. The van der Waals surface area contributed by atoms with Gasteiger partial charge in [-0.05, 0) is 19.4 Å². The predicted octanol–water partition coefficient (Wildman–Crippen LogP) is 1.34. The molecule has 30 heavy (non-hydrogen) atoms. The van der Waals surface area contributed by atoms with Crippen LogP contribution in [0.15, 0.2) is 41.6 Å². The highest BCUT2D eigenvalue weighted by atomic mass is 16.5. The molecule has 1 saturated heterocycles. The molecule has 1 aromatic rings. The number of carbonyl (C=O) groups is 2. The van der Waals surface area contributed by atoms with Crippen LogP contribution in [0.2, 0.25) is 0 Å². The van der Waals surface area contributed by atoms with Gasteiger partial charge in [-0.15, -0.1) is 0 Å². The summed E-state index contributed by atoms with van der Waals surface area (Å²) in [7, 11) is 0. The summed E-state index contributed by atoms with van der Waals surface area (Å²) in [6, 6.07) is 10.2. The van der Waals surface area contributed by atoms with Crippen molar-refractivity contribution in [3.63, 3.8) is 0 Å².